The highest BCUT2D eigenvalue weighted by atomic mass is 16.3. The molecule has 0 atom stereocenters. The summed E-state index contributed by atoms with van der Waals surface area (Å²) in [7, 11) is 0. The molecular formula is C48H30N6O. The van der Waals surface area contributed by atoms with Gasteiger partial charge in [0.2, 0.25) is 0 Å². The van der Waals surface area contributed by atoms with Crippen molar-refractivity contribution in [3.63, 3.8) is 0 Å². The van der Waals surface area contributed by atoms with E-state index >= 15 is 0 Å². The van der Waals surface area contributed by atoms with Crippen LogP contribution in [0, 0.1) is 0 Å². The van der Waals surface area contributed by atoms with E-state index < -0.39 is 0 Å². The molecule has 7 nitrogen and oxygen atoms in total. The van der Waals surface area contributed by atoms with E-state index in [1.165, 1.54) is 0 Å². The van der Waals surface area contributed by atoms with Crippen LogP contribution in [0.25, 0.3) is 101 Å². The molecular weight excluding hydrogens is 677 g/mol. The van der Waals surface area contributed by atoms with Crippen molar-refractivity contribution in [2.75, 3.05) is 0 Å². The second kappa shape index (κ2) is 13.7. The summed E-state index contributed by atoms with van der Waals surface area (Å²) in [6.45, 7) is 0. The Kier molecular flexibility index (Phi) is 8.00. The standard InChI is InChI=1S/C48H30N6O/c1-5-16-31(17-6-1)43-49-44(32-18-7-2-8-19-32)52-47(51-43)36-28-35(38-25-15-27-41-42(38)39-24-13-14-26-40(39)55-41)29-37(30-36)48-53-45(33-20-9-3-10-21-33)50-46(54-48)34-22-11-4-12-23-34/h1-30H. The summed E-state index contributed by atoms with van der Waals surface area (Å²) in [4.78, 5) is 30.3. The molecule has 10 rings (SSSR count). The number of furan rings is 1. The van der Waals surface area contributed by atoms with Crippen LogP contribution in [-0.4, -0.2) is 29.9 Å². The van der Waals surface area contributed by atoms with E-state index in [2.05, 4.69) is 30.3 Å². The van der Waals surface area contributed by atoms with Gasteiger partial charge in [0.05, 0.1) is 0 Å². The van der Waals surface area contributed by atoms with Crippen LogP contribution >= 0.6 is 0 Å². The number of fused-ring (bicyclic) bond motifs is 3. The molecule has 0 fully saturated rings. The van der Waals surface area contributed by atoms with Crippen molar-refractivity contribution in [3.05, 3.63) is 182 Å². The first kappa shape index (κ1) is 32.0. The lowest BCUT2D eigenvalue weighted by Crippen LogP contribution is -2.02. The quantitative estimate of drug-likeness (QED) is 0.163. The maximum Gasteiger partial charge on any atom is 0.164 e. The molecule has 55 heavy (non-hydrogen) atoms. The average Bonchev–Trinajstić information content (AvgIpc) is 3.66. The van der Waals surface area contributed by atoms with Crippen LogP contribution in [0.5, 0.6) is 0 Å². The van der Waals surface area contributed by atoms with E-state index in [0.717, 1.165) is 66.4 Å². The van der Waals surface area contributed by atoms with Crippen molar-refractivity contribution in [1.29, 1.82) is 0 Å². The average molecular weight is 707 g/mol. The highest BCUT2D eigenvalue weighted by Gasteiger charge is 2.19. The minimum atomic E-state index is 0.528. The van der Waals surface area contributed by atoms with Gasteiger partial charge in [-0.05, 0) is 41.5 Å². The Labute approximate surface area is 316 Å². The highest BCUT2D eigenvalue weighted by Crippen LogP contribution is 2.40. The number of para-hydroxylation sites is 1. The smallest absolute Gasteiger partial charge is 0.164 e. The Morgan fingerprint density at radius 1 is 0.273 bits per heavy atom. The van der Waals surface area contributed by atoms with Crippen LogP contribution in [0.1, 0.15) is 0 Å². The monoisotopic (exact) mass is 706 g/mol. The number of aromatic nitrogens is 6. The zero-order valence-electron chi connectivity index (χ0n) is 29.4. The molecule has 7 aromatic carbocycles. The van der Waals surface area contributed by atoms with Crippen molar-refractivity contribution < 1.29 is 4.42 Å². The molecule has 3 heterocycles. The molecule has 0 bridgehead atoms. The van der Waals surface area contributed by atoms with Gasteiger partial charge in [0.1, 0.15) is 11.2 Å². The largest absolute Gasteiger partial charge is 0.456 e. The van der Waals surface area contributed by atoms with Crippen molar-refractivity contribution in [3.8, 4) is 79.5 Å². The second-order valence-corrected chi connectivity index (χ2v) is 13.2. The predicted octanol–water partition coefficient (Wildman–Crippen LogP) is 11.6. The second-order valence-electron chi connectivity index (χ2n) is 13.2. The summed E-state index contributed by atoms with van der Waals surface area (Å²) < 4.78 is 6.34. The van der Waals surface area contributed by atoms with E-state index in [1.54, 1.807) is 0 Å². The van der Waals surface area contributed by atoms with Crippen LogP contribution in [0.3, 0.4) is 0 Å². The van der Waals surface area contributed by atoms with Crippen molar-refractivity contribution in [1.82, 2.24) is 29.9 Å². The number of benzene rings is 7. The van der Waals surface area contributed by atoms with Crippen LogP contribution < -0.4 is 0 Å². The molecule has 0 aliphatic heterocycles. The van der Waals surface area contributed by atoms with E-state index in [0.29, 0.717) is 34.9 Å². The molecule has 3 aromatic heterocycles. The predicted molar refractivity (Wildman–Crippen MR) is 219 cm³/mol. The van der Waals surface area contributed by atoms with Crippen molar-refractivity contribution in [2.24, 2.45) is 0 Å². The van der Waals surface area contributed by atoms with Crippen molar-refractivity contribution >= 4 is 21.9 Å². The third-order valence-corrected chi connectivity index (χ3v) is 9.56. The van der Waals surface area contributed by atoms with E-state index in [1.807, 2.05) is 152 Å². The van der Waals surface area contributed by atoms with Gasteiger partial charge in [-0.15, -0.1) is 0 Å². The van der Waals surface area contributed by atoms with Gasteiger partial charge in [-0.25, -0.2) is 29.9 Å². The van der Waals surface area contributed by atoms with Crippen LogP contribution in [-0.2, 0) is 0 Å². The topological polar surface area (TPSA) is 90.5 Å². The van der Waals surface area contributed by atoms with Gasteiger partial charge in [-0.3, -0.25) is 0 Å². The minimum Gasteiger partial charge on any atom is -0.456 e. The van der Waals surface area contributed by atoms with Crippen LogP contribution in [0.4, 0.5) is 0 Å². The first-order chi connectivity index (χ1) is 27.2. The fourth-order valence-electron chi connectivity index (χ4n) is 6.93. The maximum absolute atomic E-state index is 6.34. The van der Waals surface area contributed by atoms with Crippen LogP contribution in [0.15, 0.2) is 186 Å². The number of rotatable bonds is 7. The first-order valence-corrected chi connectivity index (χ1v) is 18.0. The number of nitrogens with zero attached hydrogens (tertiary/aromatic N) is 6. The highest BCUT2D eigenvalue weighted by molar-refractivity contribution is 6.12. The number of hydrogen-bond donors (Lipinski definition) is 0. The lowest BCUT2D eigenvalue weighted by atomic mass is 9.95. The van der Waals surface area contributed by atoms with Gasteiger partial charge >= 0.3 is 0 Å². The van der Waals surface area contributed by atoms with E-state index in [4.69, 9.17) is 34.3 Å². The molecule has 258 valence electrons. The third kappa shape index (κ3) is 6.19. The Morgan fingerprint density at radius 2 is 0.618 bits per heavy atom. The molecule has 0 spiro atoms. The molecule has 0 N–H and O–H groups in total. The van der Waals surface area contributed by atoms with Crippen LogP contribution in [0.2, 0.25) is 0 Å². The molecule has 0 unspecified atom stereocenters. The number of hydrogen-bond acceptors (Lipinski definition) is 7. The Balaban J connectivity index is 1.25. The van der Waals surface area contributed by atoms with Gasteiger partial charge in [-0.2, -0.15) is 0 Å². The van der Waals surface area contributed by atoms with Gasteiger partial charge in [-0.1, -0.05) is 152 Å². The Bertz CT molecular complexity index is 2710. The van der Waals surface area contributed by atoms with Gasteiger partial charge in [0, 0.05) is 44.2 Å². The molecule has 0 radical (unpaired) electrons. The molecule has 0 saturated heterocycles. The molecule has 0 amide bonds. The van der Waals surface area contributed by atoms with Gasteiger partial charge in [0.25, 0.3) is 0 Å². The summed E-state index contributed by atoms with van der Waals surface area (Å²) in [5.41, 5.74) is 8.74. The maximum atomic E-state index is 6.34. The third-order valence-electron chi connectivity index (χ3n) is 9.56. The zero-order chi connectivity index (χ0) is 36.6. The molecule has 0 aliphatic rings. The van der Waals surface area contributed by atoms with E-state index in [9.17, 15) is 0 Å². The fourth-order valence-corrected chi connectivity index (χ4v) is 6.93. The zero-order valence-corrected chi connectivity index (χ0v) is 29.4. The summed E-state index contributed by atoms with van der Waals surface area (Å²) in [6.07, 6.45) is 0. The van der Waals surface area contributed by atoms with Gasteiger partial charge in [0.15, 0.2) is 34.9 Å². The van der Waals surface area contributed by atoms with Crippen molar-refractivity contribution in [2.45, 2.75) is 0 Å². The fraction of sp³-hybridized carbons (Fsp3) is 0. The Morgan fingerprint density at radius 3 is 1.05 bits per heavy atom. The summed E-state index contributed by atoms with van der Waals surface area (Å²) in [5, 5.41) is 2.06. The summed E-state index contributed by atoms with van der Waals surface area (Å²) >= 11 is 0. The SMILES string of the molecule is c1ccc(-c2nc(-c3ccccc3)nc(-c3cc(-c4nc(-c5ccccc5)nc(-c5ccccc5)n4)cc(-c4cccc5oc6ccccc6c45)c3)n2)cc1. The lowest BCUT2D eigenvalue weighted by Gasteiger charge is -2.13. The minimum absolute atomic E-state index is 0.528. The lowest BCUT2D eigenvalue weighted by molar-refractivity contribution is 0.669. The summed E-state index contributed by atoms with van der Waals surface area (Å²) in [5.74, 6) is 3.38. The van der Waals surface area contributed by atoms with Gasteiger partial charge < -0.3 is 4.42 Å². The van der Waals surface area contributed by atoms with E-state index in [-0.39, 0.29) is 0 Å². The molecule has 7 heteroatoms. The summed E-state index contributed by atoms with van der Waals surface area (Å²) in [6, 6.07) is 60.6. The molecule has 0 saturated carbocycles. The first-order valence-electron chi connectivity index (χ1n) is 18.0. The molecule has 0 aliphatic carbocycles. The Hall–Kier alpha value is -7.64. The molecule has 10 aromatic rings. The normalized spacial score (nSPS) is 11.3.